The van der Waals surface area contributed by atoms with E-state index in [-0.39, 0.29) is 4.99 Å². The van der Waals surface area contributed by atoms with Crippen molar-refractivity contribution in [2.75, 3.05) is 11.9 Å². The van der Waals surface area contributed by atoms with Gasteiger partial charge in [0.25, 0.3) is 6.43 Å². The molecular weight excluding hydrogens is 208 g/mol. The van der Waals surface area contributed by atoms with E-state index in [4.69, 9.17) is 18.0 Å². The molecule has 0 amide bonds. The van der Waals surface area contributed by atoms with Crippen molar-refractivity contribution in [1.29, 1.82) is 0 Å². The molecule has 1 heterocycles. The minimum atomic E-state index is -2.41. The summed E-state index contributed by atoms with van der Waals surface area (Å²) in [6.45, 7) is -0.437. The van der Waals surface area contributed by atoms with Gasteiger partial charge in [-0.15, -0.1) is 0 Å². The van der Waals surface area contributed by atoms with Crippen LogP contribution in [0.4, 0.5) is 14.6 Å². The van der Waals surface area contributed by atoms with Gasteiger partial charge in [-0.2, -0.15) is 0 Å². The number of nitrogens with zero attached hydrogens (tertiary/aromatic N) is 1. The highest BCUT2D eigenvalue weighted by atomic mass is 32.1. The smallest absolute Gasteiger partial charge is 0.255 e. The van der Waals surface area contributed by atoms with Gasteiger partial charge >= 0.3 is 0 Å². The van der Waals surface area contributed by atoms with Crippen LogP contribution in [0.2, 0.25) is 0 Å². The number of nitrogens with two attached hydrogens (primary N) is 1. The van der Waals surface area contributed by atoms with Gasteiger partial charge in [0, 0.05) is 0 Å². The third-order valence-electron chi connectivity index (χ3n) is 1.44. The van der Waals surface area contributed by atoms with Crippen LogP contribution in [-0.2, 0) is 0 Å². The zero-order chi connectivity index (χ0) is 10.6. The number of nitrogens with one attached hydrogen (secondary N) is 1. The minimum Gasteiger partial charge on any atom is -0.388 e. The second-order valence-corrected chi connectivity index (χ2v) is 2.98. The summed E-state index contributed by atoms with van der Waals surface area (Å²) in [5, 5.41) is 2.46. The van der Waals surface area contributed by atoms with E-state index in [2.05, 4.69) is 10.3 Å². The highest BCUT2D eigenvalue weighted by Gasteiger charge is 2.03. The fourth-order valence-electron chi connectivity index (χ4n) is 0.852. The second-order valence-electron chi connectivity index (χ2n) is 2.54. The fourth-order valence-corrected chi connectivity index (χ4v) is 0.966. The van der Waals surface area contributed by atoms with Gasteiger partial charge in [0.1, 0.15) is 10.8 Å². The lowest BCUT2D eigenvalue weighted by molar-refractivity contribution is 0.163. The molecule has 1 aromatic rings. The van der Waals surface area contributed by atoms with E-state index in [9.17, 15) is 8.78 Å². The van der Waals surface area contributed by atoms with Gasteiger partial charge in [-0.05, 0) is 12.1 Å². The lowest BCUT2D eigenvalue weighted by Crippen LogP contribution is -2.15. The van der Waals surface area contributed by atoms with Crippen molar-refractivity contribution in [3.05, 3.63) is 23.9 Å². The Bertz CT molecular complexity index is 330. The maximum atomic E-state index is 11.8. The predicted octanol–water partition coefficient (Wildman–Crippen LogP) is 1.39. The average molecular weight is 217 g/mol. The number of pyridine rings is 1. The van der Waals surface area contributed by atoms with E-state index < -0.39 is 13.0 Å². The molecule has 0 radical (unpaired) electrons. The molecule has 76 valence electrons. The number of hydrogen-bond donors (Lipinski definition) is 2. The van der Waals surface area contributed by atoms with Crippen LogP contribution in [0.15, 0.2) is 18.2 Å². The van der Waals surface area contributed by atoms with Gasteiger partial charge in [-0.1, -0.05) is 18.3 Å². The Morgan fingerprint density at radius 2 is 2.29 bits per heavy atom. The lowest BCUT2D eigenvalue weighted by Gasteiger charge is -2.05. The van der Waals surface area contributed by atoms with Gasteiger partial charge in [0.05, 0.1) is 12.2 Å². The highest BCUT2D eigenvalue weighted by Crippen LogP contribution is 2.05. The minimum absolute atomic E-state index is 0.144. The zero-order valence-electron chi connectivity index (χ0n) is 7.21. The molecular formula is C8H9F2N3S. The molecule has 0 aliphatic heterocycles. The van der Waals surface area contributed by atoms with Crippen molar-refractivity contribution >= 4 is 23.0 Å². The Kier molecular flexibility index (Phi) is 3.70. The molecule has 14 heavy (non-hydrogen) atoms. The summed E-state index contributed by atoms with van der Waals surface area (Å²) in [6.07, 6.45) is -2.41. The van der Waals surface area contributed by atoms with Gasteiger partial charge in [0.15, 0.2) is 0 Å². The third kappa shape index (κ3) is 3.21. The van der Waals surface area contributed by atoms with Gasteiger partial charge in [-0.25, -0.2) is 13.8 Å². The first kappa shape index (κ1) is 10.8. The van der Waals surface area contributed by atoms with Crippen LogP contribution in [-0.4, -0.2) is 22.9 Å². The third-order valence-corrected chi connectivity index (χ3v) is 1.65. The first-order chi connectivity index (χ1) is 6.59. The molecule has 3 nitrogen and oxygen atoms in total. The maximum Gasteiger partial charge on any atom is 0.255 e. The fraction of sp³-hybridized carbons (Fsp3) is 0.250. The molecule has 1 rings (SSSR count). The quantitative estimate of drug-likeness (QED) is 0.748. The van der Waals surface area contributed by atoms with E-state index in [0.717, 1.165) is 0 Å². The molecule has 0 bridgehead atoms. The van der Waals surface area contributed by atoms with Crippen molar-refractivity contribution in [3.63, 3.8) is 0 Å². The predicted molar refractivity (Wildman–Crippen MR) is 54.6 cm³/mol. The summed E-state index contributed by atoms with van der Waals surface area (Å²) < 4.78 is 23.7. The molecule has 0 aliphatic carbocycles. The zero-order valence-corrected chi connectivity index (χ0v) is 8.02. The van der Waals surface area contributed by atoms with Crippen molar-refractivity contribution in [3.8, 4) is 0 Å². The number of aromatic nitrogens is 1. The Balaban J connectivity index is 2.69. The van der Waals surface area contributed by atoms with Gasteiger partial charge in [0.2, 0.25) is 0 Å². The Hall–Kier alpha value is -1.30. The normalized spacial score (nSPS) is 10.2. The molecule has 0 unspecified atom stereocenters. The van der Waals surface area contributed by atoms with E-state index in [1.807, 2.05) is 0 Å². The number of alkyl halides is 2. The monoisotopic (exact) mass is 217 g/mol. The summed E-state index contributed by atoms with van der Waals surface area (Å²) in [4.78, 5) is 4.08. The topological polar surface area (TPSA) is 50.9 Å². The number of thiocarbonyl (C=S) groups is 1. The molecule has 0 aliphatic rings. The van der Waals surface area contributed by atoms with E-state index >= 15 is 0 Å². The van der Waals surface area contributed by atoms with Crippen LogP contribution in [0.3, 0.4) is 0 Å². The standard InChI is InChI=1S/C8H9F2N3S/c9-6(10)4-12-7-3-1-2-5(13-7)8(11)14/h1-3,6H,4H2,(H2,11,14)(H,12,13). The first-order valence-corrected chi connectivity index (χ1v) is 4.29. The summed E-state index contributed by atoms with van der Waals surface area (Å²) in [7, 11) is 0. The highest BCUT2D eigenvalue weighted by molar-refractivity contribution is 7.80. The lowest BCUT2D eigenvalue weighted by atomic mass is 10.3. The molecule has 1 aromatic heterocycles. The van der Waals surface area contributed by atoms with E-state index in [0.29, 0.717) is 11.5 Å². The van der Waals surface area contributed by atoms with Crippen molar-refractivity contribution < 1.29 is 8.78 Å². The maximum absolute atomic E-state index is 11.8. The van der Waals surface area contributed by atoms with Crippen molar-refractivity contribution in [2.24, 2.45) is 5.73 Å². The molecule has 0 fully saturated rings. The summed E-state index contributed by atoms with van der Waals surface area (Å²) in [5.74, 6) is 0.343. The van der Waals surface area contributed by atoms with E-state index in [1.165, 1.54) is 0 Å². The second kappa shape index (κ2) is 4.80. The molecule has 0 atom stereocenters. The first-order valence-electron chi connectivity index (χ1n) is 3.88. The van der Waals surface area contributed by atoms with Crippen molar-refractivity contribution in [2.45, 2.75) is 6.43 Å². The van der Waals surface area contributed by atoms with Gasteiger partial charge < -0.3 is 11.1 Å². The van der Waals surface area contributed by atoms with E-state index in [1.54, 1.807) is 18.2 Å². The summed E-state index contributed by atoms with van der Waals surface area (Å²) in [5.41, 5.74) is 5.75. The van der Waals surface area contributed by atoms with Crippen LogP contribution in [0.25, 0.3) is 0 Å². The van der Waals surface area contributed by atoms with Gasteiger partial charge in [-0.3, -0.25) is 0 Å². The van der Waals surface area contributed by atoms with Crippen LogP contribution >= 0.6 is 12.2 Å². The number of hydrogen-bond acceptors (Lipinski definition) is 3. The molecule has 0 saturated carbocycles. The average Bonchev–Trinajstić information content (AvgIpc) is 2.15. The van der Waals surface area contributed by atoms with Crippen LogP contribution in [0.1, 0.15) is 5.69 Å². The number of anilines is 1. The summed E-state index contributed by atoms with van der Waals surface area (Å²) >= 11 is 4.70. The molecule has 3 N–H and O–H groups in total. The molecule has 0 spiro atoms. The van der Waals surface area contributed by atoms with Crippen LogP contribution in [0.5, 0.6) is 0 Å². The Morgan fingerprint density at radius 1 is 1.57 bits per heavy atom. The Morgan fingerprint density at radius 3 is 2.86 bits per heavy atom. The molecule has 0 saturated heterocycles. The molecule has 6 heteroatoms. The van der Waals surface area contributed by atoms with Crippen LogP contribution < -0.4 is 11.1 Å². The van der Waals surface area contributed by atoms with Crippen molar-refractivity contribution in [1.82, 2.24) is 4.98 Å². The largest absolute Gasteiger partial charge is 0.388 e. The SMILES string of the molecule is NC(=S)c1cccc(NCC(F)F)n1. The number of rotatable bonds is 4. The Labute approximate surface area is 85.3 Å². The number of halogens is 2. The molecule has 0 aromatic carbocycles. The van der Waals surface area contributed by atoms with Crippen LogP contribution in [0, 0.1) is 0 Å². The summed E-state index contributed by atoms with van der Waals surface area (Å²) in [6, 6.07) is 4.84.